The molecule has 4 heteroatoms. The third-order valence-electron chi connectivity index (χ3n) is 4.45. The van der Waals surface area contributed by atoms with E-state index in [0.717, 1.165) is 0 Å². The first-order valence-electron chi connectivity index (χ1n) is 5.38. The minimum Gasteiger partial charge on any atom is -0.481 e. The third-order valence-corrected chi connectivity index (χ3v) is 4.45. The van der Waals surface area contributed by atoms with Crippen molar-refractivity contribution < 1.29 is 14.7 Å². The van der Waals surface area contributed by atoms with Gasteiger partial charge >= 0.3 is 5.97 Å². The molecule has 0 aliphatic rings. The SMILES string of the molecule is CNC(=O)C(C)(C)C(C)(C)C(C)(C)C(=O)O. The van der Waals surface area contributed by atoms with Crippen LogP contribution >= 0.6 is 0 Å². The van der Waals surface area contributed by atoms with Crippen LogP contribution in [0.4, 0.5) is 0 Å². The van der Waals surface area contributed by atoms with Crippen molar-refractivity contribution in [3.63, 3.8) is 0 Å². The number of carbonyl (C=O) groups excluding carboxylic acids is 1. The van der Waals surface area contributed by atoms with Gasteiger partial charge in [0.15, 0.2) is 0 Å². The second kappa shape index (κ2) is 4.07. The quantitative estimate of drug-likeness (QED) is 0.773. The van der Waals surface area contributed by atoms with E-state index in [1.165, 1.54) is 0 Å². The average molecular weight is 229 g/mol. The van der Waals surface area contributed by atoms with Gasteiger partial charge in [-0.25, -0.2) is 0 Å². The maximum absolute atomic E-state index is 11.8. The molecular weight excluding hydrogens is 206 g/mol. The fourth-order valence-electron chi connectivity index (χ4n) is 1.64. The first-order valence-corrected chi connectivity index (χ1v) is 5.38. The molecule has 0 aromatic heterocycles. The smallest absolute Gasteiger partial charge is 0.309 e. The van der Waals surface area contributed by atoms with Crippen LogP contribution in [0.3, 0.4) is 0 Å². The predicted octanol–water partition coefficient (Wildman–Crippen LogP) is 1.90. The summed E-state index contributed by atoms with van der Waals surface area (Å²) in [6.07, 6.45) is 0. The van der Waals surface area contributed by atoms with Crippen LogP contribution in [0.15, 0.2) is 0 Å². The zero-order valence-corrected chi connectivity index (χ0v) is 11.3. The summed E-state index contributed by atoms with van der Waals surface area (Å²) in [7, 11) is 1.56. The Morgan fingerprint density at radius 3 is 1.56 bits per heavy atom. The van der Waals surface area contributed by atoms with E-state index >= 15 is 0 Å². The monoisotopic (exact) mass is 229 g/mol. The number of carboxylic acids is 1. The zero-order chi connectivity index (χ0) is 13.4. The summed E-state index contributed by atoms with van der Waals surface area (Å²) >= 11 is 0. The molecule has 0 saturated heterocycles. The fourth-order valence-corrected chi connectivity index (χ4v) is 1.64. The number of hydrogen-bond donors (Lipinski definition) is 2. The van der Waals surface area contributed by atoms with Crippen LogP contribution in [-0.4, -0.2) is 24.0 Å². The van der Waals surface area contributed by atoms with Gasteiger partial charge in [-0.15, -0.1) is 0 Å². The van der Waals surface area contributed by atoms with Crippen molar-refractivity contribution in [2.24, 2.45) is 16.2 Å². The molecule has 0 atom stereocenters. The first kappa shape index (κ1) is 14.9. The molecule has 0 aliphatic heterocycles. The molecule has 4 nitrogen and oxygen atoms in total. The van der Waals surface area contributed by atoms with Crippen LogP contribution < -0.4 is 5.32 Å². The molecule has 0 aromatic rings. The van der Waals surface area contributed by atoms with Gasteiger partial charge in [0, 0.05) is 12.5 Å². The van der Waals surface area contributed by atoms with Crippen molar-refractivity contribution in [1.82, 2.24) is 5.32 Å². The van der Waals surface area contributed by atoms with Gasteiger partial charge in [0.1, 0.15) is 0 Å². The molecule has 0 heterocycles. The lowest BCUT2D eigenvalue weighted by molar-refractivity contribution is -0.164. The van der Waals surface area contributed by atoms with Crippen LogP contribution in [0.5, 0.6) is 0 Å². The molecule has 2 N–H and O–H groups in total. The van der Waals surface area contributed by atoms with Crippen molar-refractivity contribution in [3.8, 4) is 0 Å². The van der Waals surface area contributed by atoms with Crippen molar-refractivity contribution >= 4 is 11.9 Å². The molecule has 0 bridgehead atoms. The second-order valence-electron chi connectivity index (χ2n) is 5.76. The summed E-state index contributed by atoms with van der Waals surface area (Å²) in [6.45, 7) is 10.5. The minimum absolute atomic E-state index is 0.146. The van der Waals surface area contributed by atoms with E-state index in [1.54, 1.807) is 34.7 Å². The molecular formula is C12H23NO3. The Kier molecular flexibility index (Phi) is 3.80. The van der Waals surface area contributed by atoms with Gasteiger partial charge < -0.3 is 10.4 Å². The van der Waals surface area contributed by atoms with Crippen molar-refractivity contribution in [3.05, 3.63) is 0 Å². The molecule has 0 rings (SSSR count). The number of rotatable bonds is 4. The highest BCUT2D eigenvalue weighted by Crippen LogP contribution is 2.51. The molecule has 0 aliphatic carbocycles. The molecule has 0 saturated carbocycles. The Hall–Kier alpha value is -1.06. The van der Waals surface area contributed by atoms with E-state index in [1.807, 2.05) is 13.8 Å². The Morgan fingerprint density at radius 1 is 0.938 bits per heavy atom. The lowest BCUT2D eigenvalue weighted by Gasteiger charge is -2.48. The van der Waals surface area contributed by atoms with Gasteiger partial charge in [0.2, 0.25) is 5.91 Å². The van der Waals surface area contributed by atoms with Crippen molar-refractivity contribution in [1.29, 1.82) is 0 Å². The number of carbonyl (C=O) groups is 2. The minimum atomic E-state index is -0.983. The maximum Gasteiger partial charge on any atom is 0.309 e. The number of nitrogens with one attached hydrogen (secondary N) is 1. The van der Waals surface area contributed by atoms with Gasteiger partial charge in [0.05, 0.1) is 5.41 Å². The van der Waals surface area contributed by atoms with Crippen LogP contribution in [0, 0.1) is 16.2 Å². The molecule has 0 unspecified atom stereocenters. The van der Waals surface area contributed by atoms with Gasteiger partial charge in [-0.1, -0.05) is 27.7 Å². The molecule has 0 aromatic carbocycles. The Balaban J connectivity index is 5.51. The second-order valence-corrected chi connectivity index (χ2v) is 5.76. The molecule has 16 heavy (non-hydrogen) atoms. The van der Waals surface area contributed by atoms with E-state index in [9.17, 15) is 14.7 Å². The zero-order valence-electron chi connectivity index (χ0n) is 11.3. The highest BCUT2D eigenvalue weighted by atomic mass is 16.4. The highest BCUT2D eigenvalue weighted by Gasteiger charge is 2.55. The summed E-state index contributed by atoms with van der Waals surface area (Å²) in [5.74, 6) is -1.04. The number of aliphatic carboxylic acids is 1. The lowest BCUT2D eigenvalue weighted by atomic mass is 9.54. The summed E-state index contributed by atoms with van der Waals surface area (Å²) in [5.41, 5.74) is -2.42. The first-order chi connectivity index (χ1) is 6.92. The largest absolute Gasteiger partial charge is 0.481 e. The average Bonchev–Trinajstić information content (AvgIpc) is 2.15. The van der Waals surface area contributed by atoms with E-state index in [4.69, 9.17) is 0 Å². The van der Waals surface area contributed by atoms with Crippen LogP contribution in [-0.2, 0) is 9.59 Å². The van der Waals surface area contributed by atoms with Crippen LogP contribution in [0.2, 0.25) is 0 Å². The van der Waals surface area contributed by atoms with Gasteiger partial charge in [-0.3, -0.25) is 9.59 Å². The van der Waals surface area contributed by atoms with Crippen molar-refractivity contribution in [2.45, 2.75) is 41.5 Å². The van der Waals surface area contributed by atoms with Crippen LogP contribution in [0.1, 0.15) is 41.5 Å². The predicted molar refractivity (Wildman–Crippen MR) is 63.0 cm³/mol. The fraction of sp³-hybridized carbons (Fsp3) is 0.833. The summed E-state index contributed by atoms with van der Waals surface area (Å²) in [5, 5.41) is 11.9. The van der Waals surface area contributed by atoms with E-state index < -0.39 is 22.2 Å². The number of amides is 1. The topological polar surface area (TPSA) is 66.4 Å². The highest BCUT2D eigenvalue weighted by molar-refractivity contribution is 5.84. The summed E-state index contributed by atoms with van der Waals surface area (Å²) in [4.78, 5) is 23.1. The molecule has 0 fully saturated rings. The van der Waals surface area contributed by atoms with Gasteiger partial charge in [-0.2, -0.15) is 0 Å². The lowest BCUT2D eigenvalue weighted by Crippen LogP contribution is -2.54. The number of hydrogen-bond acceptors (Lipinski definition) is 2. The van der Waals surface area contributed by atoms with E-state index in [2.05, 4.69) is 5.32 Å². The third kappa shape index (κ3) is 1.93. The molecule has 94 valence electrons. The molecule has 0 spiro atoms. The van der Waals surface area contributed by atoms with E-state index in [-0.39, 0.29) is 5.91 Å². The normalized spacial score (nSPS) is 13.4. The maximum atomic E-state index is 11.8. The van der Waals surface area contributed by atoms with E-state index in [0.29, 0.717) is 0 Å². The molecule has 0 radical (unpaired) electrons. The Morgan fingerprint density at radius 2 is 1.31 bits per heavy atom. The summed E-state index contributed by atoms with van der Waals surface area (Å²) < 4.78 is 0. The van der Waals surface area contributed by atoms with Gasteiger partial charge in [0.25, 0.3) is 0 Å². The summed E-state index contributed by atoms with van der Waals surface area (Å²) in [6, 6.07) is 0. The molecule has 1 amide bonds. The van der Waals surface area contributed by atoms with Gasteiger partial charge in [-0.05, 0) is 19.3 Å². The number of carboxylic acid groups (broad SMARTS) is 1. The standard InChI is InChI=1S/C12H23NO3/c1-10(2,8(14)13-7)12(5,6)11(3,4)9(15)16/h1-7H3,(H,13,14)(H,15,16). The Labute approximate surface area is 97.4 Å². The Bertz CT molecular complexity index is 303. The van der Waals surface area contributed by atoms with Crippen LogP contribution in [0.25, 0.3) is 0 Å². The van der Waals surface area contributed by atoms with Crippen molar-refractivity contribution in [2.75, 3.05) is 7.05 Å².